The smallest absolute Gasteiger partial charge is 0.335 e. The van der Waals surface area contributed by atoms with Gasteiger partial charge in [-0.3, -0.25) is 0 Å². The third kappa shape index (κ3) is 2.99. The summed E-state index contributed by atoms with van der Waals surface area (Å²) >= 11 is 0. The molecule has 0 amide bonds. The van der Waals surface area contributed by atoms with Crippen LogP contribution in [-0.4, -0.2) is 23.8 Å². The molecule has 0 radical (unpaired) electrons. The molecule has 21 heavy (non-hydrogen) atoms. The van der Waals surface area contributed by atoms with Gasteiger partial charge >= 0.3 is 5.97 Å². The van der Waals surface area contributed by atoms with Gasteiger partial charge < -0.3 is 14.6 Å². The zero-order valence-corrected chi connectivity index (χ0v) is 11.7. The number of carboxylic acids is 1. The van der Waals surface area contributed by atoms with Crippen LogP contribution in [0.5, 0.6) is 11.5 Å². The molecular weight excluding hydrogens is 268 g/mol. The molecule has 1 N–H and O–H groups in total. The molecule has 4 heteroatoms. The minimum absolute atomic E-state index is 0.0321. The number of rotatable bonds is 4. The van der Waals surface area contributed by atoms with Gasteiger partial charge in [-0.2, -0.15) is 0 Å². The summed E-state index contributed by atoms with van der Waals surface area (Å²) in [4.78, 5) is 10.9. The molecule has 0 aliphatic carbocycles. The number of fused-ring (bicyclic) bond motifs is 1. The van der Waals surface area contributed by atoms with Gasteiger partial charge in [0.2, 0.25) is 0 Å². The molecule has 1 unspecified atom stereocenters. The second kappa shape index (κ2) is 5.48. The number of aromatic carboxylic acids is 1. The van der Waals surface area contributed by atoms with Crippen molar-refractivity contribution in [2.75, 3.05) is 6.61 Å². The maximum absolute atomic E-state index is 10.9. The number of hydrogen-bond acceptors (Lipinski definition) is 3. The van der Waals surface area contributed by atoms with E-state index in [9.17, 15) is 4.79 Å². The van der Waals surface area contributed by atoms with Gasteiger partial charge in [-0.1, -0.05) is 23.8 Å². The van der Waals surface area contributed by atoms with E-state index in [1.54, 1.807) is 18.2 Å². The van der Waals surface area contributed by atoms with E-state index in [2.05, 4.69) is 13.0 Å². The molecule has 108 valence electrons. The SMILES string of the molecule is Cc1ccc2c(c1)CC(COc1cccc(C(=O)O)c1)O2. The molecule has 1 atom stereocenters. The van der Waals surface area contributed by atoms with Crippen molar-refractivity contribution in [3.8, 4) is 11.5 Å². The first kappa shape index (κ1) is 13.5. The Hall–Kier alpha value is -2.49. The molecule has 2 aromatic carbocycles. The number of carboxylic acid groups (broad SMARTS) is 1. The molecule has 0 bridgehead atoms. The molecule has 1 aliphatic heterocycles. The third-order valence-corrected chi connectivity index (χ3v) is 3.47. The van der Waals surface area contributed by atoms with E-state index in [1.807, 2.05) is 12.1 Å². The second-order valence-electron chi connectivity index (χ2n) is 5.20. The van der Waals surface area contributed by atoms with Crippen molar-refractivity contribution in [1.29, 1.82) is 0 Å². The van der Waals surface area contributed by atoms with Crippen molar-refractivity contribution in [3.63, 3.8) is 0 Å². The Kier molecular flexibility index (Phi) is 3.52. The summed E-state index contributed by atoms with van der Waals surface area (Å²) in [5, 5.41) is 8.95. The first-order valence-corrected chi connectivity index (χ1v) is 6.84. The van der Waals surface area contributed by atoms with E-state index in [1.165, 1.54) is 17.2 Å². The molecule has 4 nitrogen and oxygen atoms in total. The van der Waals surface area contributed by atoms with Crippen LogP contribution in [0.25, 0.3) is 0 Å². The number of benzene rings is 2. The maximum Gasteiger partial charge on any atom is 0.335 e. The van der Waals surface area contributed by atoms with E-state index in [-0.39, 0.29) is 11.7 Å². The van der Waals surface area contributed by atoms with Gasteiger partial charge in [-0.15, -0.1) is 0 Å². The van der Waals surface area contributed by atoms with Crippen LogP contribution in [0.1, 0.15) is 21.5 Å². The lowest BCUT2D eigenvalue weighted by molar-refractivity contribution is 0.0696. The highest BCUT2D eigenvalue weighted by Crippen LogP contribution is 2.29. The number of aryl methyl sites for hydroxylation is 1. The van der Waals surface area contributed by atoms with Crippen LogP contribution >= 0.6 is 0 Å². The van der Waals surface area contributed by atoms with Crippen LogP contribution in [0.3, 0.4) is 0 Å². The Bertz CT molecular complexity index is 678. The third-order valence-electron chi connectivity index (χ3n) is 3.47. The van der Waals surface area contributed by atoms with Gasteiger partial charge in [-0.05, 0) is 36.8 Å². The van der Waals surface area contributed by atoms with Crippen LogP contribution in [0.4, 0.5) is 0 Å². The fourth-order valence-corrected chi connectivity index (χ4v) is 2.45. The van der Waals surface area contributed by atoms with E-state index in [0.29, 0.717) is 12.4 Å². The lowest BCUT2D eigenvalue weighted by Crippen LogP contribution is -2.22. The van der Waals surface area contributed by atoms with Gasteiger partial charge in [-0.25, -0.2) is 4.79 Å². The summed E-state index contributed by atoms with van der Waals surface area (Å²) in [6.45, 7) is 2.46. The van der Waals surface area contributed by atoms with Crippen LogP contribution < -0.4 is 9.47 Å². The monoisotopic (exact) mass is 284 g/mol. The summed E-state index contributed by atoms with van der Waals surface area (Å²) in [7, 11) is 0. The predicted molar refractivity (Wildman–Crippen MR) is 78.2 cm³/mol. The molecule has 3 rings (SSSR count). The highest BCUT2D eigenvalue weighted by Gasteiger charge is 2.23. The molecule has 0 spiro atoms. The number of hydrogen-bond donors (Lipinski definition) is 1. The van der Waals surface area contributed by atoms with Gasteiger partial charge in [0.05, 0.1) is 5.56 Å². The molecule has 0 saturated heterocycles. The van der Waals surface area contributed by atoms with Crippen LogP contribution in [0.2, 0.25) is 0 Å². The van der Waals surface area contributed by atoms with Gasteiger partial charge in [0.25, 0.3) is 0 Å². The number of carbonyl (C=O) groups is 1. The van der Waals surface area contributed by atoms with Gasteiger partial charge in [0, 0.05) is 6.42 Å². The second-order valence-corrected chi connectivity index (χ2v) is 5.20. The molecular formula is C17H16O4. The van der Waals surface area contributed by atoms with Crippen molar-refractivity contribution in [1.82, 2.24) is 0 Å². The van der Waals surface area contributed by atoms with Crippen LogP contribution in [0, 0.1) is 6.92 Å². The minimum atomic E-state index is -0.958. The maximum atomic E-state index is 10.9. The highest BCUT2D eigenvalue weighted by molar-refractivity contribution is 5.87. The van der Waals surface area contributed by atoms with Crippen molar-refractivity contribution < 1.29 is 19.4 Å². The summed E-state index contributed by atoms with van der Waals surface area (Å²) in [5.74, 6) is 0.500. The molecule has 0 fully saturated rings. The molecule has 1 heterocycles. The fourth-order valence-electron chi connectivity index (χ4n) is 2.45. The molecule has 0 saturated carbocycles. The Morgan fingerprint density at radius 2 is 2.19 bits per heavy atom. The Labute approximate surface area is 122 Å². The Balaban J connectivity index is 1.62. The van der Waals surface area contributed by atoms with Gasteiger partial charge in [0.15, 0.2) is 0 Å². The van der Waals surface area contributed by atoms with E-state index < -0.39 is 5.97 Å². The Morgan fingerprint density at radius 1 is 1.33 bits per heavy atom. The Morgan fingerprint density at radius 3 is 3.00 bits per heavy atom. The van der Waals surface area contributed by atoms with E-state index >= 15 is 0 Å². The lowest BCUT2D eigenvalue weighted by Gasteiger charge is -2.12. The highest BCUT2D eigenvalue weighted by atomic mass is 16.5. The summed E-state index contributed by atoms with van der Waals surface area (Å²) in [6, 6.07) is 12.6. The molecule has 0 aromatic heterocycles. The normalized spacial score (nSPS) is 16.1. The van der Waals surface area contributed by atoms with Crippen molar-refractivity contribution in [2.24, 2.45) is 0 Å². The van der Waals surface area contributed by atoms with Crippen molar-refractivity contribution in [2.45, 2.75) is 19.4 Å². The molecule has 1 aliphatic rings. The lowest BCUT2D eigenvalue weighted by atomic mass is 10.1. The van der Waals surface area contributed by atoms with E-state index in [0.717, 1.165) is 12.2 Å². The van der Waals surface area contributed by atoms with Gasteiger partial charge in [0.1, 0.15) is 24.2 Å². The quantitative estimate of drug-likeness (QED) is 0.937. The van der Waals surface area contributed by atoms with Crippen molar-refractivity contribution in [3.05, 3.63) is 59.2 Å². The zero-order chi connectivity index (χ0) is 14.8. The summed E-state index contributed by atoms with van der Waals surface area (Å²) in [6.07, 6.45) is 0.783. The standard InChI is InChI=1S/C17H16O4/c1-11-5-6-16-13(7-11)9-15(21-16)10-20-14-4-2-3-12(8-14)17(18)19/h2-8,15H,9-10H2,1H3,(H,18,19). The summed E-state index contributed by atoms with van der Waals surface area (Å²) in [5.41, 5.74) is 2.63. The zero-order valence-electron chi connectivity index (χ0n) is 11.7. The minimum Gasteiger partial charge on any atom is -0.490 e. The van der Waals surface area contributed by atoms with Crippen molar-refractivity contribution >= 4 is 5.97 Å². The average Bonchev–Trinajstić information content (AvgIpc) is 2.87. The largest absolute Gasteiger partial charge is 0.490 e. The van der Waals surface area contributed by atoms with E-state index in [4.69, 9.17) is 14.6 Å². The average molecular weight is 284 g/mol. The van der Waals surface area contributed by atoms with Crippen LogP contribution in [0.15, 0.2) is 42.5 Å². The van der Waals surface area contributed by atoms with Crippen LogP contribution in [-0.2, 0) is 6.42 Å². The first-order valence-electron chi connectivity index (χ1n) is 6.84. The fraction of sp³-hybridized carbons (Fsp3) is 0.235. The predicted octanol–water partition coefficient (Wildman–Crippen LogP) is 3.08. The topological polar surface area (TPSA) is 55.8 Å². The number of ether oxygens (including phenoxy) is 2. The first-order chi connectivity index (χ1) is 10.1. The summed E-state index contributed by atoms with van der Waals surface area (Å²) < 4.78 is 11.5. The molecule has 2 aromatic rings.